The van der Waals surface area contributed by atoms with Gasteiger partial charge < -0.3 is 5.11 Å². The highest BCUT2D eigenvalue weighted by Crippen LogP contribution is 2.42. The third kappa shape index (κ3) is 3.14. The summed E-state index contributed by atoms with van der Waals surface area (Å²) in [6, 6.07) is 2.43. The first kappa shape index (κ1) is 13.6. The van der Waals surface area contributed by atoms with Crippen molar-refractivity contribution < 1.29 is 5.11 Å². The fourth-order valence-corrected chi connectivity index (χ4v) is 3.21. The fraction of sp³-hybridized carbons (Fsp3) is 0.800. The lowest BCUT2D eigenvalue weighted by Gasteiger charge is -2.41. The lowest BCUT2D eigenvalue weighted by molar-refractivity contribution is -0.0389. The van der Waals surface area contributed by atoms with Crippen LogP contribution in [-0.2, 0) is 6.42 Å². The normalized spacial score (nSPS) is 27.7. The Kier molecular flexibility index (Phi) is 3.54. The number of hydrogen-bond acceptors (Lipinski definition) is 2. The van der Waals surface area contributed by atoms with E-state index in [1.54, 1.807) is 0 Å². The second-order valence-electron chi connectivity index (χ2n) is 6.98. The molecule has 0 amide bonds. The molecule has 0 bridgehead atoms. The molecule has 102 valence electrons. The van der Waals surface area contributed by atoms with Gasteiger partial charge in [-0.05, 0) is 44.6 Å². The summed E-state index contributed by atoms with van der Waals surface area (Å²) in [5.74, 6) is 0. The molecule has 1 heterocycles. The highest BCUT2D eigenvalue weighted by atomic mass is 16.3. The molecule has 1 aliphatic carbocycles. The summed E-state index contributed by atoms with van der Waals surface area (Å²) in [5, 5.41) is 15.3. The van der Waals surface area contributed by atoms with Gasteiger partial charge in [-0.1, -0.05) is 20.3 Å². The Bertz CT molecular complexity index is 408. The molecule has 0 radical (unpaired) electrons. The van der Waals surface area contributed by atoms with E-state index in [1.165, 1.54) is 6.42 Å². The lowest BCUT2D eigenvalue weighted by Crippen LogP contribution is -2.40. The number of rotatable bonds is 3. The average molecular weight is 250 g/mol. The highest BCUT2D eigenvalue weighted by Gasteiger charge is 2.38. The van der Waals surface area contributed by atoms with E-state index in [0.717, 1.165) is 25.0 Å². The maximum Gasteiger partial charge on any atom is 0.0708 e. The van der Waals surface area contributed by atoms with Crippen LogP contribution in [0.3, 0.4) is 0 Å². The van der Waals surface area contributed by atoms with Gasteiger partial charge in [0.05, 0.1) is 11.3 Å². The minimum absolute atomic E-state index is 0.258. The predicted molar refractivity (Wildman–Crippen MR) is 73.5 cm³/mol. The van der Waals surface area contributed by atoms with E-state index in [9.17, 15) is 5.11 Å². The molecule has 18 heavy (non-hydrogen) atoms. The summed E-state index contributed by atoms with van der Waals surface area (Å²) in [6.45, 7) is 8.75. The zero-order valence-corrected chi connectivity index (χ0v) is 12.1. The largest absolute Gasteiger partial charge is 0.389 e. The van der Waals surface area contributed by atoms with Gasteiger partial charge in [-0.15, -0.1) is 0 Å². The van der Waals surface area contributed by atoms with E-state index in [0.29, 0.717) is 12.5 Å². The van der Waals surface area contributed by atoms with Crippen LogP contribution in [0.15, 0.2) is 12.3 Å². The molecule has 1 aromatic heterocycles. The molecule has 1 N–H and O–H groups in total. The van der Waals surface area contributed by atoms with E-state index in [2.05, 4.69) is 32.8 Å². The topological polar surface area (TPSA) is 38.0 Å². The quantitative estimate of drug-likeness (QED) is 0.893. The summed E-state index contributed by atoms with van der Waals surface area (Å²) in [7, 11) is 0. The van der Waals surface area contributed by atoms with Gasteiger partial charge in [0.2, 0.25) is 0 Å². The SMILES string of the molecule is CC(C)n1ccc(CC2(O)CCCC(C)(C)C2)n1. The molecule has 0 aromatic carbocycles. The average Bonchev–Trinajstić information content (AvgIpc) is 2.63. The molecular weight excluding hydrogens is 224 g/mol. The van der Waals surface area contributed by atoms with Gasteiger partial charge in [0.1, 0.15) is 0 Å². The summed E-state index contributed by atoms with van der Waals surface area (Å²) < 4.78 is 1.96. The van der Waals surface area contributed by atoms with Crippen LogP contribution >= 0.6 is 0 Å². The van der Waals surface area contributed by atoms with Gasteiger partial charge in [-0.2, -0.15) is 5.10 Å². The van der Waals surface area contributed by atoms with Gasteiger partial charge in [0.15, 0.2) is 0 Å². The number of nitrogens with zero attached hydrogens (tertiary/aromatic N) is 2. The van der Waals surface area contributed by atoms with Crippen molar-refractivity contribution in [1.29, 1.82) is 0 Å². The van der Waals surface area contributed by atoms with Gasteiger partial charge in [-0.3, -0.25) is 4.68 Å². The first-order valence-electron chi connectivity index (χ1n) is 7.06. The van der Waals surface area contributed by atoms with Crippen LogP contribution in [0.25, 0.3) is 0 Å². The smallest absolute Gasteiger partial charge is 0.0708 e. The molecule has 0 aliphatic heterocycles. The number of hydrogen-bond donors (Lipinski definition) is 1. The van der Waals surface area contributed by atoms with Crippen molar-refractivity contribution in [2.24, 2.45) is 5.41 Å². The molecule has 1 aromatic rings. The fourth-order valence-electron chi connectivity index (χ4n) is 3.21. The molecule has 1 aliphatic rings. The first-order chi connectivity index (χ1) is 8.30. The number of aliphatic hydroxyl groups is 1. The van der Waals surface area contributed by atoms with Crippen LogP contribution in [0.5, 0.6) is 0 Å². The van der Waals surface area contributed by atoms with Crippen molar-refractivity contribution in [1.82, 2.24) is 9.78 Å². The third-order valence-electron chi connectivity index (χ3n) is 4.01. The molecule has 0 saturated heterocycles. The van der Waals surface area contributed by atoms with Crippen LogP contribution in [0, 0.1) is 5.41 Å². The zero-order chi connectivity index (χ0) is 13.4. The molecule has 0 spiro atoms. The van der Waals surface area contributed by atoms with Crippen molar-refractivity contribution in [3.8, 4) is 0 Å². The van der Waals surface area contributed by atoms with Crippen LogP contribution in [0.2, 0.25) is 0 Å². The van der Waals surface area contributed by atoms with Crippen molar-refractivity contribution >= 4 is 0 Å². The van der Waals surface area contributed by atoms with Crippen LogP contribution < -0.4 is 0 Å². The molecule has 3 heteroatoms. The van der Waals surface area contributed by atoms with Gasteiger partial charge in [0, 0.05) is 18.7 Å². The maximum atomic E-state index is 10.8. The molecule has 1 saturated carbocycles. The predicted octanol–water partition coefficient (Wildman–Crippen LogP) is 3.34. The van der Waals surface area contributed by atoms with Crippen molar-refractivity contribution in [2.45, 2.75) is 71.4 Å². The van der Waals surface area contributed by atoms with Gasteiger partial charge in [0.25, 0.3) is 0 Å². The molecule has 2 rings (SSSR count). The van der Waals surface area contributed by atoms with E-state index in [1.807, 2.05) is 16.9 Å². The Morgan fingerprint density at radius 3 is 2.67 bits per heavy atom. The summed E-state index contributed by atoms with van der Waals surface area (Å²) in [5.41, 5.74) is 0.717. The van der Waals surface area contributed by atoms with E-state index in [-0.39, 0.29) is 5.41 Å². The second kappa shape index (κ2) is 4.69. The zero-order valence-electron chi connectivity index (χ0n) is 12.1. The molecule has 1 atom stereocenters. The minimum atomic E-state index is -0.558. The standard InChI is InChI=1S/C15H26N2O/c1-12(2)17-9-6-13(16-17)10-15(18)8-5-7-14(3,4)11-15/h6,9,12,18H,5,7-8,10-11H2,1-4H3. The van der Waals surface area contributed by atoms with Crippen LogP contribution in [-0.4, -0.2) is 20.5 Å². The number of aromatic nitrogens is 2. The summed E-state index contributed by atoms with van der Waals surface area (Å²) >= 11 is 0. The first-order valence-corrected chi connectivity index (χ1v) is 7.06. The third-order valence-corrected chi connectivity index (χ3v) is 4.01. The Balaban J connectivity index is 2.07. The maximum absolute atomic E-state index is 10.8. The molecular formula is C15H26N2O. The lowest BCUT2D eigenvalue weighted by atomic mass is 9.68. The van der Waals surface area contributed by atoms with Gasteiger partial charge in [-0.25, -0.2) is 0 Å². The Morgan fingerprint density at radius 1 is 1.39 bits per heavy atom. The Labute approximate surface area is 110 Å². The molecule has 1 fully saturated rings. The second-order valence-corrected chi connectivity index (χ2v) is 6.98. The molecule has 1 unspecified atom stereocenters. The minimum Gasteiger partial charge on any atom is -0.389 e. The highest BCUT2D eigenvalue weighted by molar-refractivity contribution is 5.06. The molecule has 3 nitrogen and oxygen atoms in total. The Hall–Kier alpha value is -0.830. The summed E-state index contributed by atoms with van der Waals surface area (Å²) in [6.07, 6.45) is 6.83. The van der Waals surface area contributed by atoms with E-state index < -0.39 is 5.60 Å². The van der Waals surface area contributed by atoms with Crippen molar-refractivity contribution in [3.05, 3.63) is 18.0 Å². The monoisotopic (exact) mass is 250 g/mol. The van der Waals surface area contributed by atoms with Crippen molar-refractivity contribution in [2.75, 3.05) is 0 Å². The Morgan fingerprint density at radius 2 is 2.11 bits per heavy atom. The van der Waals surface area contributed by atoms with E-state index in [4.69, 9.17) is 0 Å². The van der Waals surface area contributed by atoms with E-state index >= 15 is 0 Å². The summed E-state index contributed by atoms with van der Waals surface area (Å²) in [4.78, 5) is 0. The van der Waals surface area contributed by atoms with Gasteiger partial charge >= 0.3 is 0 Å². The van der Waals surface area contributed by atoms with Crippen molar-refractivity contribution in [3.63, 3.8) is 0 Å². The van der Waals surface area contributed by atoms with Crippen LogP contribution in [0.1, 0.15) is 65.1 Å². The van der Waals surface area contributed by atoms with Crippen LogP contribution in [0.4, 0.5) is 0 Å².